The number of hydrogen-bond acceptors (Lipinski definition) is 5. The van der Waals surface area contributed by atoms with E-state index < -0.39 is 0 Å². The number of rotatable bonds is 4. The van der Waals surface area contributed by atoms with E-state index in [4.69, 9.17) is 11.6 Å². The van der Waals surface area contributed by atoms with Gasteiger partial charge in [0.2, 0.25) is 0 Å². The van der Waals surface area contributed by atoms with E-state index in [0.29, 0.717) is 29.7 Å². The van der Waals surface area contributed by atoms with Crippen LogP contribution >= 0.6 is 11.6 Å². The Morgan fingerprint density at radius 2 is 2.00 bits per heavy atom. The minimum atomic E-state index is 0.0416. The van der Waals surface area contributed by atoms with Gasteiger partial charge in [0.25, 0.3) is 5.91 Å². The molecule has 1 saturated carbocycles. The average Bonchev–Trinajstić information content (AvgIpc) is 3.34. The number of aromatic nitrogens is 4. The summed E-state index contributed by atoms with van der Waals surface area (Å²) in [6.07, 6.45) is 2.33. The number of tetrazole rings is 1. The highest BCUT2D eigenvalue weighted by atomic mass is 35.5. The maximum absolute atomic E-state index is 12.5. The largest absolute Gasteiger partial charge is 0.336 e. The van der Waals surface area contributed by atoms with Crippen molar-refractivity contribution in [3.63, 3.8) is 0 Å². The number of carbonyl (C=O) groups is 1. The third-order valence-corrected chi connectivity index (χ3v) is 4.78. The van der Waals surface area contributed by atoms with Crippen molar-refractivity contribution in [3.05, 3.63) is 40.7 Å². The highest BCUT2D eigenvalue weighted by Crippen LogP contribution is 2.34. The number of benzene rings is 1. The maximum Gasteiger partial charge on any atom is 0.253 e. The van der Waals surface area contributed by atoms with Crippen LogP contribution in [-0.4, -0.2) is 62.1 Å². The van der Waals surface area contributed by atoms with Crippen molar-refractivity contribution < 1.29 is 4.79 Å². The van der Waals surface area contributed by atoms with E-state index in [1.165, 1.54) is 12.8 Å². The Morgan fingerprint density at radius 1 is 1.21 bits per heavy atom. The molecule has 0 spiro atoms. The molecule has 1 amide bonds. The molecule has 2 fully saturated rings. The Hall–Kier alpha value is -1.99. The summed E-state index contributed by atoms with van der Waals surface area (Å²) in [5.41, 5.74) is 0.647. The summed E-state index contributed by atoms with van der Waals surface area (Å²) >= 11 is 5.98. The lowest BCUT2D eigenvalue weighted by Crippen LogP contribution is -2.48. The van der Waals surface area contributed by atoms with Crippen molar-refractivity contribution >= 4 is 17.5 Å². The molecule has 7 nitrogen and oxygen atoms in total. The van der Waals surface area contributed by atoms with Crippen molar-refractivity contribution in [1.82, 2.24) is 30.0 Å². The number of nitrogens with zero attached hydrogens (tertiary/aromatic N) is 6. The first-order valence-electron chi connectivity index (χ1n) is 8.24. The van der Waals surface area contributed by atoms with E-state index in [1.54, 1.807) is 12.1 Å². The quantitative estimate of drug-likeness (QED) is 0.841. The van der Waals surface area contributed by atoms with Gasteiger partial charge in [0, 0.05) is 36.8 Å². The van der Waals surface area contributed by atoms with Crippen LogP contribution in [0.25, 0.3) is 0 Å². The van der Waals surface area contributed by atoms with E-state index in [2.05, 4.69) is 20.4 Å². The van der Waals surface area contributed by atoms with Crippen LogP contribution in [0.1, 0.15) is 35.1 Å². The minimum Gasteiger partial charge on any atom is -0.336 e. The van der Waals surface area contributed by atoms with Crippen LogP contribution < -0.4 is 0 Å². The molecule has 1 aliphatic carbocycles. The Balaban J connectivity index is 1.34. The molecule has 0 N–H and O–H groups in total. The van der Waals surface area contributed by atoms with Crippen LogP contribution in [0.2, 0.25) is 5.02 Å². The van der Waals surface area contributed by atoms with Crippen molar-refractivity contribution in [2.45, 2.75) is 25.4 Å². The first-order chi connectivity index (χ1) is 11.7. The Labute approximate surface area is 145 Å². The van der Waals surface area contributed by atoms with Gasteiger partial charge in [-0.3, -0.25) is 9.69 Å². The van der Waals surface area contributed by atoms with Gasteiger partial charge in [-0.2, -0.15) is 0 Å². The van der Waals surface area contributed by atoms with Gasteiger partial charge in [-0.15, -0.1) is 5.10 Å². The topological polar surface area (TPSA) is 67.2 Å². The zero-order chi connectivity index (χ0) is 16.5. The molecular weight excluding hydrogens is 328 g/mol. The summed E-state index contributed by atoms with van der Waals surface area (Å²) in [4.78, 5) is 16.7. The predicted molar refractivity (Wildman–Crippen MR) is 88.7 cm³/mol. The summed E-state index contributed by atoms with van der Waals surface area (Å²) < 4.78 is 1.95. The number of carbonyl (C=O) groups excluding carboxylic acids is 1. The Kier molecular flexibility index (Phi) is 4.20. The molecule has 1 saturated heterocycles. The highest BCUT2D eigenvalue weighted by Gasteiger charge is 2.29. The van der Waals surface area contributed by atoms with Crippen LogP contribution in [0.15, 0.2) is 24.3 Å². The first kappa shape index (κ1) is 15.5. The normalized spacial score (nSPS) is 18.8. The molecule has 4 rings (SSSR count). The molecule has 0 atom stereocenters. The fourth-order valence-corrected chi connectivity index (χ4v) is 3.22. The summed E-state index contributed by atoms with van der Waals surface area (Å²) in [6.45, 7) is 3.79. The van der Waals surface area contributed by atoms with Gasteiger partial charge in [-0.05, 0) is 41.5 Å². The zero-order valence-electron chi connectivity index (χ0n) is 13.3. The van der Waals surface area contributed by atoms with Gasteiger partial charge in [-0.25, -0.2) is 4.68 Å². The van der Waals surface area contributed by atoms with Crippen LogP contribution in [0.5, 0.6) is 0 Å². The smallest absolute Gasteiger partial charge is 0.253 e. The molecule has 1 aromatic carbocycles. The molecule has 8 heteroatoms. The fraction of sp³-hybridized carbons (Fsp3) is 0.500. The molecule has 24 heavy (non-hydrogen) atoms. The van der Waals surface area contributed by atoms with Gasteiger partial charge >= 0.3 is 0 Å². The fourth-order valence-electron chi connectivity index (χ4n) is 3.03. The van der Waals surface area contributed by atoms with Crippen molar-refractivity contribution in [1.29, 1.82) is 0 Å². The van der Waals surface area contributed by atoms with Crippen molar-refractivity contribution in [2.24, 2.45) is 0 Å². The molecule has 0 radical (unpaired) electrons. The second-order valence-corrected chi connectivity index (χ2v) is 6.79. The third kappa shape index (κ3) is 3.27. The van der Waals surface area contributed by atoms with Gasteiger partial charge in [0.1, 0.15) is 0 Å². The molecule has 0 unspecified atom stereocenters. The van der Waals surface area contributed by atoms with Crippen molar-refractivity contribution in [2.75, 3.05) is 26.2 Å². The molecule has 2 aromatic rings. The third-order valence-electron chi connectivity index (χ3n) is 4.55. The van der Waals surface area contributed by atoms with Crippen LogP contribution in [0.4, 0.5) is 0 Å². The number of amides is 1. The van der Waals surface area contributed by atoms with E-state index in [0.717, 1.165) is 25.5 Å². The molecule has 1 aromatic heterocycles. The molecule has 0 bridgehead atoms. The molecular formula is C16H19ClN6O. The van der Waals surface area contributed by atoms with E-state index in [-0.39, 0.29) is 5.91 Å². The van der Waals surface area contributed by atoms with Gasteiger partial charge in [0.05, 0.1) is 12.6 Å². The summed E-state index contributed by atoms with van der Waals surface area (Å²) in [6, 6.07) is 7.61. The zero-order valence-corrected chi connectivity index (χ0v) is 14.1. The summed E-state index contributed by atoms with van der Waals surface area (Å²) in [5.74, 6) is 0.965. The lowest BCUT2D eigenvalue weighted by Gasteiger charge is -2.34. The van der Waals surface area contributed by atoms with Gasteiger partial charge in [0.15, 0.2) is 5.82 Å². The molecule has 126 valence electrons. The Bertz CT molecular complexity index is 736. The van der Waals surface area contributed by atoms with Gasteiger partial charge in [-0.1, -0.05) is 17.7 Å². The average molecular weight is 347 g/mol. The van der Waals surface area contributed by atoms with Crippen LogP contribution in [0, 0.1) is 0 Å². The second kappa shape index (κ2) is 6.49. The van der Waals surface area contributed by atoms with Crippen molar-refractivity contribution in [3.8, 4) is 0 Å². The van der Waals surface area contributed by atoms with Gasteiger partial charge < -0.3 is 4.90 Å². The number of hydrogen-bond donors (Lipinski definition) is 0. The number of piperazine rings is 1. The second-order valence-electron chi connectivity index (χ2n) is 6.35. The summed E-state index contributed by atoms with van der Waals surface area (Å²) in [5, 5.41) is 12.6. The molecule has 1 aliphatic heterocycles. The van der Waals surface area contributed by atoms with E-state index in [1.807, 2.05) is 21.7 Å². The first-order valence-corrected chi connectivity index (χ1v) is 8.62. The minimum absolute atomic E-state index is 0.0416. The maximum atomic E-state index is 12.5. The van der Waals surface area contributed by atoms with E-state index in [9.17, 15) is 4.79 Å². The molecule has 2 heterocycles. The van der Waals surface area contributed by atoms with Crippen LogP contribution in [-0.2, 0) is 6.54 Å². The summed E-state index contributed by atoms with van der Waals surface area (Å²) in [7, 11) is 0. The monoisotopic (exact) mass is 346 g/mol. The Morgan fingerprint density at radius 3 is 2.71 bits per heavy atom. The number of halogens is 1. The lowest BCUT2D eigenvalue weighted by atomic mass is 10.2. The molecule has 2 aliphatic rings. The van der Waals surface area contributed by atoms with Crippen LogP contribution in [0.3, 0.4) is 0 Å². The van der Waals surface area contributed by atoms with E-state index >= 15 is 0 Å². The SMILES string of the molecule is O=C(c1cccc(Cl)c1)N1CCN(Cc2nnnn2C2CC2)CC1. The predicted octanol–water partition coefficient (Wildman–Crippen LogP) is 1.62. The lowest BCUT2D eigenvalue weighted by molar-refractivity contribution is 0.0623. The standard InChI is InChI=1S/C16H19ClN6O/c17-13-3-1-2-12(10-13)16(24)22-8-6-21(7-9-22)11-15-18-19-20-23(15)14-4-5-14/h1-3,10,14H,4-9,11H2. The highest BCUT2D eigenvalue weighted by molar-refractivity contribution is 6.30.